The number of anilines is 1. The Labute approximate surface area is 124 Å². The minimum atomic E-state index is -0.622. The topological polar surface area (TPSA) is 55.2 Å². The number of hydrogen-bond acceptors (Lipinski definition) is 4. The molecule has 1 aromatic heterocycles. The molecule has 0 aliphatic carbocycles. The van der Waals surface area contributed by atoms with Crippen LogP contribution in [0.25, 0.3) is 10.1 Å². The molecular weight excluding hydrogens is 291 g/mol. The highest BCUT2D eigenvalue weighted by Gasteiger charge is 2.17. The predicted molar refractivity (Wildman–Crippen MR) is 82.2 cm³/mol. The summed E-state index contributed by atoms with van der Waals surface area (Å²) < 4.78 is 14.9. The number of rotatable bonds is 4. The second-order valence-corrected chi connectivity index (χ2v) is 5.41. The van der Waals surface area contributed by atoms with Gasteiger partial charge in [0.1, 0.15) is 5.69 Å². The van der Waals surface area contributed by atoms with Crippen LogP contribution in [0.1, 0.15) is 5.56 Å². The largest absolute Gasteiger partial charge is 0.373 e. The fourth-order valence-corrected chi connectivity index (χ4v) is 3.16. The number of halogens is 1. The summed E-state index contributed by atoms with van der Waals surface area (Å²) >= 11 is 1.60. The van der Waals surface area contributed by atoms with Crippen LogP contribution in [0.5, 0.6) is 0 Å². The molecule has 0 atom stereocenters. The van der Waals surface area contributed by atoms with Gasteiger partial charge in [-0.1, -0.05) is 24.3 Å². The van der Waals surface area contributed by atoms with E-state index in [1.807, 2.05) is 29.6 Å². The highest BCUT2D eigenvalue weighted by Crippen LogP contribution is 2.30. The van der Waals surface area contributed by atoms with Crippen LogP contribution >= 0.6 is 11.3 Å². The van der Waals surface area contributed by atoms with E-state index in [1.165, 1.54) is 18.2 Å². The summed E-state index contributed by atoms with van der Waals surface area (Å²) in [4.78, 5) is 10.4. The van der Waals surface area contributed by atoms with Gasteiger partial charge >= 0.3 is 0 Å². The van der Waals surface area contributed by atoms with E-state index in [-0.39, 0.29) is 11.4 Å². The molecule has 6 heteroatoms. The maximum absolute atomic E-state index is 13.8. The summed E-state index contributed by atoms with van der Waals surface area (Å²) in [6, 6.07) is 11.7. The SMILES string of the molecule is O=[N+]([O-])c1cccc(F)c1NCc1csc2ccccc12. The third-order valence-corrected chi connectivity index (χ3v) is 4.22. The van der Waals surface area contributed by atoms with Gasteiger partial charge in [0.2, 0.25) is 0 Å². The summed E-state index contributed by atoms with van der Waals surface area (Å²) in [5.41, 5.74) is 0.667. The second-order valence-electron chi connectivity index (χ2n) is 4.50. The number of benzene rings is 2. The summed E-state index contributed by atoms with van der Waals surface area (Å²) in [7, 11) is 0. The van der Waals surface area contributed by atoms with E-state index in [9.17, 15) is 14.5 Å². The number of nitrogens with one attached hydrogen (secondary N) is 1. The van der Waals surface area contributed by atoms with Crippen molar-refractivity contribution in [1.82, 2.24) is 0 Å². The molecule has 4 nitrogen and oxygen atoms in total. The lowest BCUT2D eigenvalue weighted by Gasteiger charge is -2.07. The van der Waals surface area contributed by atoms with E-state index in [0.717, 1.165) is 15.6 Å². The van der Waals surface area contributed by atoms with Gasteiger partial charge in [0.05, 0.1) is 4.92 Å². The van der Waals surface area contributed by atoms with Gasteiger partial charge in [0, 0.05) is 17.3 Å². The van der Waals surface area contributed by atoms with Gasteiger partial charge in [-0.25, -0.2) is 4.39 Å². The van der Waals surface area contributed by atoms with E-state index in [4.69, 9.17) is 0 Å². The van der Waals surface area contributed by atoms with Crippen molar-refractivity contribution in [2.24, 2.45) is 0 Å². The third-order valence-electron chi connectivity index (χ3n) is 3.21. The predicted octanol–water partition coefficient (Wildman–Crippen LogP) is 4.56. The molecule has 0 fully saturated rings. The molecule has 106 valence electrons. The van der Waals surface area contributed by atoms with Gasteiger partial charge in [-0.05, 0) is 28.5 Å². The van der Waals surface area contributed by atoms with Crippen LogP contribution in [0.3, 0.4) is 0 Å². The minimum Gasteiger partial charge on any atom is -0.373 e. The molecule has 0 amide bonds. The van der Waals surface area contributed by atoms with Crippen molar-refractivity contribution in [3.8, 4) is 0 Å². The Kier molecular flexibility index (Phi) is 3.53. The van der Waals surface area contributed by atoms with E-state index in [0.29, 0.717) is 6.54 Å². The van der Waals surface area contributed by atoms with Gasteiger partial charge in [-0.2, -0.15) is 0 Å². The zero-order valence-electron chi connectivity index (χ0n) is 10.9. The molecule has 0 radical (unpaired) electrons. The monoisotopic (exact) mass is 302 g/mol. The summed E-state index contributed by atoms with van der Waals surface area (Å²) in [6.45, 7) is 0.339. The lowest BCUT2D eigenvalue weighted by Crippen LogP contribution is -2.04. The maximum Gasteiger partial charge on any atom is 0.295 e. The Bertz CT molecular complexity index is 816. The van der Waals surface area contributed by atoms with E-state index < -0.39 is 10.7 Å². The number of thiophene rings is 1. The maximum atomic E-state index is 13.8. The van der Waals surface area contributed by atoms with E-state index >= 15 is 0 Å². The number of nitrogens with zero attached hydrogens (tertiary/aromatic N) is 1. The number of para-hydroxylation sites is 1. The lowest BCUT2D eigenvalue weighted by atomic mass is 10.1. The molecule has 0 aliphatic rings. The van der Waals surface area contributed by atoms with Crippen LogP contribution in [-0.2, 0) is 6.54 Å². The summed E-state index contributed by atoms with van der Waals surface area (Å²) in [5, 5.41) is 16.9. The van der Waals surface area contributed by atoms with Gasteiger partial charge in [-0.3, -0.25) is 10.1 Å². The third kappa shape index (κ3) is 2.57. The number of hydrogen-bond donors (Lipinski definition) is 1. The highest BCUT2D eigenvalue weighted by atomic mass is 32.1. The summed E-state index contributed by atoms with van der Waals surface area (Å²) in [5.74, 6) is -0.622. The normalized spacial score (nSPS) is 10.7. The molecule has 3 aromatic rings. The van der Waals surface area contributed by atoms with Crippen LogP contribution in [0.15, 0.2) is 47.8 Å². The van der Waals surface area contributed by atoms with Crippen LogP contribution < -0.4 is 5.32 Å². The number of fused-ring (bicyclic) bond motifs is 1. The molecule has 0 spiro atoms. The first-order chi connectivity index (χ1) is 10.2. The van der Waals surface area contributed by atoms with Crippen LogP contribution in [0, 0.1) is 15.9 Å². The second kappa shape index (κ2) is 5.49. The van der Waals surface area contributed by atoms with Crippen LogP contribution in [-0.4, -0.2) is 4.92 Å². The Balaban J connectivity index is 1.90. The molecule has 0 aliphatic heterocycles. The van der Waals surface area contributed by atoms with Crippen molar-refractivity contribution in [3.05, 3.63) is 69.3 Å². The molecule has 1 N–H and O–H groups in total. The Morgan fingerprint density at radius 3 is 2.81 bits per heavy atom. The van der Waals surface area contributed by atoms with Crippen molar-refractivity contribution in [2.45, 2.75) is 6.54 Å². The first-order valence-corrected chi connectivity index (χ1v) is 7.16. The number of nitro groups is 1. The zero-order chi connectivity index (χ0) is 14.8. The van der Waals surface area contributed by atoms with Gasteiger partial charge in [-0.15, -0.1) is 11.3 Å². The average Bonchev–Trinajstić information content (AvgIpc) is 2.89. The van der Waals surface area contributed by atoms with Crippen molar-refractivity contribution in [1.29, 1.82) is 0 Å². The molecule has 2 aromatic carbocycles. The van der Waals surface area contributed by atoms with Gasteiger partial charge in [0.15, 0.2) is 5.82 Å². The standard InChI is InChI=1S/C15H11FN2O2S/c16-12-5-3-6-13(18(19)20)15(12)17-8-10-9-21-14-7-2-1-4-11(10)14/h1-7,9,17H,8H2. The minimum absolute atomic E-state index is 0.0715. The molecule has 0 bridgehead atoms. The average molecular weight is 302 g/mol. The van der Waals surface area contributed by atoms with Crippen LogP contribution in [0.4, 0.5) is 15.8 Å². The van der Waals surface area contributed by atoms with Crippen molar-refractivity contribution in [3.63, 3.8) is 0 Å². The Morgan fingerprint density at radius 2 is 2.00 bits per heavy atom. The van der Waals surface area contributed by atoms with Crippen molar-refractivity contribution < 1.29 is 9.31 Å². The molecule has 1 heterocycles. The van der Waals surface area contributed by atoms with Crippen LogP contribution in [0.2, 0.25) is 0 Å². The molecule has 0 saturated heterocycles. The molecule has 0 unspecified atom stereocenters. The van der Waals surface area contributed by atoms with Gasteiger partial charge in [0.25, 0.3) is 5.69 Å². The molecule has 3 rings (SSSR count). The first kappa shape index (κ1) is 13.5. The highest BCUT2D eigenvalue weighted by molar-refractivity contribution is 7.17. The zero-order valence-corrected chi connectivity index (χ0v) is 11.7. The molecular formula is C15H11FN2O2S. The quantitative estimate of drug-likeness (QED) is 0.567. The lowest BCUT2D eigenvalue weighted by molar-refractivity contribution is -0.384. The summed E-state index contributed by atoms with van der Waals surface area (Å²) in [6.07, 6.45) is 0. The molecule has 21 heavy (non-hydrogen) atoms. The van der Waals surface area contributed by atoms with Crippen molar-refractivity contribution in [2.75, 3.05) is 5.32 Å². The van der Waals surface area contributed by atoms with E-state index in [2.05, 4.69) is 5.32 Å². The first-order valence-electron chi connectivity index (χ1n) is 6.28. The Morgan fingerprint density at radius 1 is 1.19 bits per heavy atom. The van der Waals surface area contributed by atoms with Gasteiger partial charge < -0.3 is 5.32 Å². The van der Waals surface area contributed by atoms with Crippen molar-refractivity contribution >= 4 is 32.8 Å². The fraction of sp³-hybridized carbons (Fsp3) is 0.0667. The number of nitro benzene ring substituents is 1. The van der Waals surface area contributed by atoms with E-state index in [1.54, 1.807) is 11.3 Å². The molecule has 0 saturated carbocycles. The smallest absolute Gasteiger partial charge is 0.295 e. The Hall–Kier alpha value is -2.47. The fourth-order valence-electron chi connectivity index (χ4n) is 2.19.